The lowest BCUT2D eigenvalue weighted by atomic mass is 10.1. The van der Waals surface area contributed by atoms with Crippen LogP contribution in [-0.2, 0) is 17.6 Å². The van der Waals surface area contributed by atoms with Crippen molar-refractivity contribution in [3.63, 3.8) is 0 Å². The minimum Gasteiger partial charge on any atom is -0.497 e. The zero-order chi connectivity index (χ0) is 20.9. The Balaban J connectivity index is 1.64. The summed E-state index contributed by atoms with van der Waals surface area (Å²) in [5.41, 5.74) is 3.45. The van der Waals surface area contributed by atoms with E-state index in [1.807, 2.05) is 24.3 Å². The molecule has 0 N–H and O–H groups in total. The fourth-order valence-electron chi connectivity index (χ4n) is 4.66. The van der Waals surface area contributed by atoms with Gasteiger partial charge in [-0.25, -0.2) is 9.97 Å². The van der Waals surface area contributed by atoms with E-state index in [0.29, 0.717) is 6.04 Å². The lowest BCUT2D eigenvalue weighted by Gasteiger charge is -2.40. The van der Waals surface area contributed by atoms with Crippen LogP contribution in [-0.4, -0.2) is 67.4 Å². The third-order valence-corrected chi connectivity index (χ3v) is 6.47. The molecule has 4 rings (SSSR count). The van der Waals surface area contributed by atoms with Crippen molar-refractivity contribution in [2.24, 2.45) is 0 Å². The van der Waals surface area contributed by atoms with E-state index in [4.69, 9.17) is 19.4 Å². The van der Waals surface area contributed by atoms with Crippen molar-refractivity contribution in [1.29, 1.82) is 0 Å². The van der Waals surface area contributed by atoms with E-state index >= 15 is 0 Å². The largest absolute Gasteiger partial charge is 0.497 e. The van der Waals surface area contributed by atoms with Gasteiger partial charge in [0.05, 0.1) is 26.0 Å². The smallest absolute Gasteiger partial charge is 0.161 e. The van der Waals surface area contributed by atoms with Crippen LogP contribution in [0.3, 0.4) is 0 Å². The maximum atomic E-state index is 5.76. The number of anilines is 1. The van der Waals surface area contributed by atoms with Crippen LogP contribution in [0.1, 0.15) is 37.9 Å². The van der Waals surface area contributed by atoms with Crippen LogP contribution in [0.4, 0.5) is 5.82 Å². The third kappa shape index (κ3) is 4.44. The first-order valence-corrected chi connectivity index (χ1v) is 11.3. The van der Waals surface area contributed by atoms with Crippen LogP contribution in [0.15, 0.2) is 24.3 Å². The summed E-state index contributed by atoms with van der Waals surface area (Å²) in [5, 5.41) is 0. The number of aromatic nitrogens is 2. The number of fused-ring (bicyclic) bond motifs is 1. The monoisotopic (exact) mass is 410 g/mol. The van der Waals surface area contributed by atoms with Crippen molar-refractivity contribution in [3.05, 3.63) is 35.5 Å². The fourth-order valence-corrected chi connectivity index (χ4v) is 4.66. The first-order chi connectivity index (χ1) is 14.7. The minimum atomic E-state index is 0.693. The Morgan fingerprint density at radius 1 is 0.967 bits per heavy atom. The van der Waals surface area contributed by atoms with Gasteiger partial charge >= 0.3 is 0 Å². The molecule has 1 saturated heterocycles. The van der Waals surface area contributed by atoms with Gasteiger partial charge < -0.3 is 14.4 Å². The number of rotatable bonds is 6. The summed E-state index contributed by atoms with van der Waals surface area (Å²) >= 11 is 0. The van der Waals surface area contributed by atoms with Gasteiger partial charge in [0.1, 0.15) is 11.6 Å². The van der Waals surface area contributed by atoms with Crippen molar-refractivity contribution in [1.82, 2.24) is 14.9 Å². The molecule has 0 spiro atoms. The summed E-state index contributed by atoms with van der Waals surface area (Å²) < 4.78 is 11.1. The average molecular weight is 411 g/mol. The van der Waals surface area contributed by atoms with Gasteiger partial charge in [-0.1, -0.05) is 13.8 Å². The van der Waals surface area contributed by atoms with Crippen LogP contribution < -0.4 is 9.64 Å². The lowest BCUT2D eigenvalue weighted by Crippen LogP contribution is -2.50. The van der Waals surface area contributed by atoms with E-state index in [9.17, 15) is 0 Å². The molecule has 0 bridgehead atoms. The molecule has 2 aliphatic rings. The highest BCUT2D eigenvalue weighted by Crippen LogP contribution is 2.29. The first kappa shape index (κ1) is 21.1. The standard InChI is InChI=1S/C24H34N4O2/c1-4-19(5-2)27-12-14-28(15-13-27)24-21-10-16-30-17-11-22(21)25-23(26-24)18-6-8-20(29-3)9-7-18/h6-9,19H,4-5,10-17H2,1-3H3. The molecule has 3 heterocycles. The van der Waals surface area contributed by atoms with Gasteiger partial charge in [0.15, 0.2) is 5.82 Å². The van der Waals surface area contributed by atoms with E-state index in [2.05, 4.69) is 23.6 Å². The molecular formula is C24H34N4O2. The maximum Gasteiger partial charge on any atom is 0.161 e. The molecule has 6 heteroatoms. The summed E-state index contributed by atoms with van der Waals surface area (Å²) in [7, 11) is 1.69. The van der Waals surface area contributed by atoms with E-state index in [0.717, 1.165) is 80.9 Å². The summed E-state index contributed by atoms with van der Waals surface area (Å²) in [6, 6.07) is 8.73. The summed E-state index contributed by atoms with van der Waals surface area (Å²) in [5.74, 6) is 2.76. The highest BCUT2D eigenvalue weighted by molar-refractivity contribution is 5.62. The number of methoxy groups -OCH3 is 1. The molecule has 2 aromatic rings. The van der Waals surface area contributed by atoms with Crippen molar-refractivity contribution in [2.45, 2.75) is 45.6 Å². The van der Waals surface area contributed by atoms with E-state index in [1.54, 1.807) is 7.11 Å². The summed E-state index contributed by atoms with van der Waals surface area (Å²) in [4.78, 5) is 15.2. The molecule has 0 atom stereocenters. The van der Waals surface area contributed by atoms with Gasteiger partial charge in [-0.15, -0.1) is 0 Å². The van der Waals surface area contributed by atoms with Gasteiger partial charge in [0.2, 0.25) is 0 Å². The van der Waals surface area contributed by atoms with E-state index in [1.165, 1.54) is 18.4 Å². The van der Waals surface area contributed by atoms with Gasteiger partial charge in [-0.2, -0.15) is 0 Å². The quantitative estimate of drug-likeness (QED) is 0.726. The van der Waals surface area contributed by atoms with Crippen LogP contribution in [0, 0.1) is 0 Å². The van der Waals surface area contributed by atoms with Crippen LogP contribution >= 0.6 is 0 Å². The Kier molecular flexibility index (Phi) is 6.85. The topological polar surface area (TPSA) is 50.7 Å². The van der Waals surface area contributed by atoms with Crippen LogP contribution in [0.25, 0.3) is 11.4 Å². The molecule has 1 aromatic carbocycles. The molecule has 0 radical (unpaired) electrons. The Hall–Kier alpha value is -2.18. The summed E-state index contributed by atoms with van der Waals surface area (Å²) in [6.07, 6.45) is 4.18. The molecule has 162 valence electrons. The molecule has 6 nitrogen and oxygen atoms in total. The zero-order valence-electron chi connectivity index (χ0n) is 18.6. The van der Waals surface area contributed by atoms with Gasteiger partial charge in [0, 0.05) is 56.2 Å². The molecular weight excluding hydrogens is 376 g/mol. The minimum absolute atomic E-state index is 0.693. The fraction of sp³-hybridized carbons (Fsp3) is 0.583. The zero-order valence-corrected chi connectivity index (χ0v) is 18.6. The van der Waals surface area contributed by atoms with Crippen molar-refractivity contribution >= 4 is 5.82 Å². The second-order valence-electron chi connectivity index (χ2n) is 8.13. The number of hydrogen-bond donors (Lipinski definition) is 0. The highest BCUT2D eigenvalue weighted by atomic mass is 16.5. The second kappa shape index (κ2) is 9.75. The predicted octanol–water partition coefficient (Wildman–Crippen LogP) is 3.58. The Morgan fingerprint density at radius 3 is 2.33 bits per heavy atom. The van der Waals surface area contributed by atoms with Gasteiger partial charge in [-0.3, -0.25) is 4.90 Å². The lowest BCUT2D eigenvalue weighted by molar-refractivity contribution is 0.146. The normalized spacial score (nSPS) is 17.7. The molecule has 1 aromatic heterocycles. The van der Waals surface area contributed by atoms with E-state index < -0.39 is 0 Å². The molecule has 0 aliphatic carbocycles. The number of hydrogen-bond acceptors (Lipinski definition) is 6. The van der Waals surface area contributed by atoms with Crippen molar-refractivity contribution < 1.29 is 9.47 Å². The van der Waals surface area contributed by atoms with Crippen molar-refractivity contribution in [2.75, 3.05) is 51.4 Å². The predicted molar refractivity (Wildman–Crippen MR) is 120 cm³/mol. The number of piperazine rings is 1. The maximum absolute atomic E-state index is 5.76. The van der Waals surface area contributed by atoms with Crippen LogP contribution in [0.5, 0.6) is 5.75 Å². The highest BCUT2D eigenvalue weighted by Gasteiger charge is 2.26. The Morgan fingerprint density at radius 2 is 1.67 bits per heavy atom. The Bertz CT molecular complexity index is 828. The molecule has 1 fully saturated rings. The Labute approximate surface area is 180 Å². The molecule has 0 amide bonds. The molecule has 0 unspecified atom stereocenters. The van der Waals surface area contributed by atoms with Gasteiger partial charge in [-0.05, 0) is 37.1 Å². The van der Waals surface area contributed by atoms with Crippen molar-refractivity contribution in [3.8, 4) is 17.1 Å². The van der Waals surface area contributed by atoms with E-state index in [-0.39, 0.29) is 0 Å². The van der Waals surface area contributed by atoms with Crippen LogP contribution in [0.2, 0.25) is 0 Å². The summed E-state index contributed by atoms with van der Waals surface area (Å²) in [6.45, 7) is 10.3. The number of nitrogens with zero attached hydrogens (tertiary/aromatic N) is 4. The SMILES string of the molecule is CCC(CC)N1CCN(c2nc(-c3ccc(OC)cc3)nc3c2CCOCC3)CC1. The third-order valence-electron chi connectivity index (χ3n) is 6.47. The number of benzene rings is 1. The molecule has 30 heavy (non-hydrogen) atoms. The molecule has 0 saturated carbocycles. The van der Waals surface area contributed by atoms with Gasteiger partial charge in [0.25, 0.3) is 0 Å². The first-order valence-electron chi connectivity index (χ1n) is 11.3. The molecule has 2 aliphatic heterocycles. The number of ether oxygens (including phenoxy) is 2. The second-order valence-corrected chi connectivity index (χ2v) is 8.13. The average Bonchev–Trinajstić information content (AvgIpc) is 3.05.